The van der Waals surface area contributed by atoms with Crippen LogP contribution < -0.4 is 5.32 Å². The second kappa shape index (κ2) is 1.84. The van der Waals surface area contributed by atoms with Gasteiger partial charge in [-0.3, -0.25) is 9.59 Å². The van der Waals surface area contributed by atoms with Gasteiger partial charge in [0.15, 0.2) is 0 Å². The van der Waals surface area contributed by atoms with E-state index >= 15 is 0 Å². The number of nitrogens with one attached hydrogen (secondary N) is 1. The van der Waals surface area contributed by atoms with Gasteiger partial charge in [0.2, 0.25) is 5.91 Å². The van der Waals surface area contributed by atoms with E-state index in [-0.39, 0.29) is 11.7 Å². The molecule has 1 amide bonds. The monoisotopic (exact) mass is 153 g/mol. The fourth-order valence-electron chi connectivity index (χ4n) is 2.07. The molecule has 0 aromatic heterocycles. The van der Waals surface area contributed by atoms with Crippen LogP contribution in [0.25, 0.3) is 0 Å². The Hall–Kier alpha value is -0.860. The molecule has 0 aromatic carbocycles. The largest absolute Gasteiger partial charge is 0.355 e. The fraction of sp³-hybridized carbons (Fsp3) is 0.750. The molecule has 11 heavy (non-hydrogen) atoms. The molecule has 0 spiro atoms. The molecule has 0 bridgehead atoms. The van der Waals surface area contributed by atoms with Gasteiger partial charge in [0.25, 0.3) is 0 Å². The average molecular weight is 153 g/mol. The van der Waals surface area contributed by atoms with Gasteiger partial charge in [-0.25, -0.2) is 0 Å². The Bertz CT molecular complexity index is 236. The molecule has 1 saturated heterocycles. The number of hydrogen-bond donors (Lipinski definition) is 1. The van der Waals surface area contributed by atoms with Gasteiger partial charge in [-0.1, -0.05) is 0 Å². The lowest BCUT2D eigenvalue weighted by Crippen LogP contribution is -2.41. The Kier molecular flexibility index (Phi) is 1.14. The molecule has 2 unspecified atom stereocenters. The van der Waals surface area contributed by atoms with Gasteiger partial charge in [-0.2, -0.15) is 0 Å². The van der Waals surface area contributed by atoms with Crippen LogP contribution in [0.1, 0.15) is 19.8 Å². The molecule has 0 radical (unpaired) electrons. The summed E-state index contributed by atoms with van der Waals surface area (Å²) in [5.74, 6) is 0.356. The summed E-state index contributed by atoms with van der Waals surface area (Å²) in [4.78, 5) is 22.4. The summed E-state index contributed by atoms with van der Waals surface area (Å²) in [7, 11) is 0. The molecule has 2 aliphatic rings. The van der Waals surface area contributed by atoms with Crippen molar-refractivity contribution in [2.45, 2.75) is 19.8 Å². The Balaban J connectivity index is 2.27. The summed E-state index contributed by atoms with van der Waals surface area (Å²) >= 11 is 0. The Labute approximate surface area is 65.2 Å². The van der Waals surface area contributed by atoms with E-state index in [0.717, 1.165) is 19.4 Å². The lowest BCUT2D eigenvalue weighted by Gasteiger charge is -2.18. The first kappa shape index (κ1) is 6.83. The second-order valence-corrected chi connectivity index (χ2v) is 3.47. The molecule has 1 aliphatic heterocycles. The van der Waals surface area contributed by atoms with E-state index in [0.29, 0.717) is 5.92 Å². The van der Waals surface area contributed by atoms with Gasteiger partial charge in [0, 0.05) is 6.54 Å². The van der Waals surface area contributed by atoms with E-state index in [4.69, 9.17) is 0 Å². The summed E-state index contributed by atoms with van der Waals surface area (Å²) < 4.78 is 0. The van der Waals surface area contributed by atoms with E-state index in [1.165, 1.54) is 6.92 Å². The van der Waals surface area contributed by atoms with Gasteiger partial charge in [-0.05, 0) is 25.7 Å². The SMILES string of the molecule is CC(=O)C12CC1CCNC2=O. The molecule has 3 heteroatoms. The molecule has 2 rings (SSSR count). The number of piperidine rings is 1. The smallest absolute Gasteiger partial charge is 0.233 e. The highest BCUT2D eigenvalue weighted by Gasteiger charge is 2.64. The van der Waals surface area contributed by atoms with Crippen molar-refractivity contribution in [2.24, 2.45) is 11.3 Å². The third-order valence-corrected chi connectivity index (χ3v) is 2.92. The van der Waals surface area contributed by atoms with Crippen LogP contribution in [0.4, 0.5) is 0 Å². The molecule has 2 fully saturated rings. The van der Waals surface area contributed by atoms with Crippen LogP contribution in [0, 0.1) is 11.3 Å². The van der Waals surface area contributed by atoms with Crippen molar-refractivity contribution in [2.75, 3.05) is 6.54 Å². The predicted octanol–water partition coefficient (Wildman–Crippen LogP) is 0.102. The van der Waals surface area contributed by atoms with Gasteiger partial charge in [0.1, 0.15) is 11.2 Å². The van der Waals surface area contributed by atoms with Crippen LogP contribution in [-0.2, 0) is 9.59 Å². The van der Waals surface area contributed by atoms with E-state index in [2.05, 4.69) is 5.32 Å². The maximum atomic E-state index is 11.3. The van der Waals surface area contributed by atoms with Gasteiger partial charge in [0.05, 0.1) is 0 Å². The van der Waals surface area contributed by atoms with Crippen molar-refractivity contribution in [3.63, 3.8) is 0 Å². The zero-order valence-corrected chi connectivity index (χ0v) is 6.52. The summed E-state index contributed by atoms with van der Waals surface area (Å²) in [5, 5.41) is 2.74. The topological polar surface area (TPSA) is 46.2 Å². The van der Waals surface area contributed by atoms with Crippen LogP contribution in [0.15, 0.2) is 0 Å². The van der Waals surface area contributed by atoms with Crippen molar-refractivity contribution in [1.29, 1.82) is 0 Å². The number of rotatable bonds is 1. The molecule has 1 N–H and O–H groups in total. The highest BCUT2D eigenvalue weighted by molar-refractivity contribution is 6.09. The summed E-state index contributed by atoms with van der Waals surface area (Å²) in [6.45, 7) is 2.27. The number of carbonyl (C=O) groups is 2. The predicted molar refractivity (Wildman–Crippen MR) is 38.8 cm³/mol. The zero-order chi connectivity index (χ0) is 8.06. The molecule has 60 valence electrons. The second-order valence-electron chi connectivity index (χ2n) is 3.47. The number of carbonyl (C=O) groups excluding carboxylic acids is 2. The molecule has 1 heterocycles. The molecule has 0 aromatic rings. The number of fused-ring (bicyclic) bond motifs is 1. The average Bonchev–Trinajstić information content (AvgIpc) is 2.64. The number of Topliss-reactive ketones (excluding diaryl/α,β-unsaturated/α-hetero) is 1. The normalized spacial score (nSPS) is 40.8. The van der Waals surface area contributed by atoms with Crippen LogP contribution in [0.3, 0.4) is 0 Å². The molecule has 1 aliphatic carbocycles. The molecular formula is C8H11NO2. The van der Waals surface area contributed by atoms with Crippen molar-refractivity contribution in [1.82, 2.24) is 5.32 Å². The lowest BCUT2D eigenvalue weighted by atomic mass is 9.94. The first-order valence-electron chi connectivity index (χ1n) is 3.97. The number of ketones is 1. The quantitative estimate of drug-likeness (QED) is 0.543. The standard InChI is InChI=1S/C8H11NO2/c1-5(10)8-4-6(8)2-3-9-7(8)11/h6H,2-4H2,1H3,(H,9,11). The minimum Gasteiger partial charge on any atom is -0.355 e. The van der Waals surface area contributed by atoms with Gasteiger partial charge < -0.3 is 5.32 Å². The zero-order valence-electron chi connectivity index (χ0n) is 6.52. The third-order valence-electron chi connectivity index (χ3n) is 2.92. The maximum absolute atomic E-state index is 11.3. The Morgan fingerprint density at radius 1 is 1.73 bits per heavy atom. The van der Waals surface area contributed by atoms with Crippen LogP contribution in [0.5, 0.6) is 0 Å². The lowest BCUT2D eigenvalue weighted by molar-refractivity contribution is -0.136. The highest BCUT2D eigenvalue weighted by Crippen LogP contribution is 2.56. The van der Waals surface area contributed by atoms with E-state index in [1.807, 2.05) is 0 Å². The van der Waals surface area contributed by atoms with Crippen molar-refractivity contribution >= 4 is 11.7 Å². The summed E-state index contributed by atoms with van der Waals surface area (Å²) in [6, 6.07) is 0. The van der Waals surface area contributed by atoms with Gasteiger partial charge in [-0.15, -0.1) is 0 Å². The first-order valence-corrected chi connectivity index (χ1v) is 3.97. The van der Waals surface area contributed by atoms with Gasteiger partial charge >= 0.3 is 0 Å². The summed E-state index contributed by atoms with van der Waals surface area (Å²) in [6.07, 6.45) is 1.76. The molecule has 3 nitrogen and oxygen atoms in total. The molecular weight excluding hydrogens is 142 g/mol. The minimum absolute atomic E-state index is 0.0405. The van der Waals surface area contributed by atoms with Crippen LogP contribution >= 0.6 is 0 Å². The van der Waals surface area contributed by atoms with Crippen molar-refractivity contribution in [3.05, 3.63) is 0 Å². The third kappa shape index (κ3) is 0.682. The number of hydrogen-bond acceptors (Lipinski definition) is 2. The minimum atomic E-state index is -0.585. The fourth-order valence-corrected chi connectivity index (χ4v) is 2.07. The number of amides is 1. The van der Waals surface area contributed by atoms with E-state index < -0.39 is 5.41 Å². The Morgan fingerprint density at radius 2 is 2.45 bits per heavy atom. The van der Waals surface area contributed by atoms with Crippen LogP contribution in [0.2, 0.25) is 0 Å². The van der Waals surface area contributed by atoms with Crippen molar-refractivity contribution in [3.8, 4) is 0 Å². The first-order chi connectivity index (χ1) is 5.18. The highest BCUT2D eigenvalue weighted by atomic mass is 16.2. The Morgan fingerprint density at radius 3 is 2.91 bits per heavy atom. The van der Waals surface area contributed by atoms with E-state index in [9.17, 15) is 9.59 Å². The van der Waals surface area contributed by atoms with Crippen molar-refractivity contribution < 1.29 is 9.59 Å². The van der Waals surface area contributed by atoms with E-state index in [1.54, 1.807) is 0 Å². The van der Waals surface area contributed by atoms with Crippen LogP contribution in [-0.4, -0.2) is 18.2 Å². The maximum Gasteiger partial charge on any atom is 0.233 e. The molecule has 2 atom stereocenters. The molecule has 1 saturated carbocycles. The summed E-state index contributed by atoms with van der Waals surface area (Å²) in [5.41, 5.74) is -0.585.